The van der Waals surface area contributed by atoms with Crippen molar-refractivity contribution in [1.82, 2.24) is 10.0 Å². The Morgan fingerprint density at radius 1 is 1.22 bits per heavy atom. The maximum atomic E-state index is 12.9. The molecule has 0 aromatic heterocycles. The number of hydrogen-bond donors (Lipinski definition) is 2. The second-order valence-electron chi connectivity index (χ2n) is 9.06. The van der Waals surface area contributed by atoms with E-state index in [0.717, 1.165) is 35.7 Å². The molecule has 172 valence electrons. The van der Waals surface area contributed by atoms with Crippen molar-refractivity contribution in [2.45, 2.75) is 44.6 Å². The summed E-state index contributed by atoms with van der Waals surface area (Å²) in [4.78, 5) is 12.9. The van der Waals surface area contributed by atoms with E-state index in [1.54, 1.807) is 11.9 Å². The van der Waals surface area contributed by atoms with Crippen LogP contribution in [0.25, 0.3) is 0 Å². The van der Waals surface area contributed by atoms with Crippen LogP contribution in [0, 0.1) is 11.3 Å². The average molecular weight is 494 g/mol. The fraction of sp³-hybridized carbons (Fsp3) is 0.480. The van der Waals surface area contributed by atoms with Crippen molar-refractivity contribution in [3.8, 4) is 5.75 Å². The van der Waals surface area contributed by atoms with E-state index in [1.165, 1.54) is 5.56 Å². The number of ether oxygens (including phenoxy) is 1. The van der Waals surface area contributed by atoms with Crippen LogP contribution < -0.4 is 14.8 Å². The molecule has 1 aliphatic carbocycles. The normalized spacial score (nSPS) is 29.5. The van der Waals surface area contributed by atoms with Crippen molar-refractivity contribution in [3.05, 3.63) is 63.6 Å². The van der Waals surface area contributed by atoms with Gasteiger partial charge in [-0.15, -0.1) is 0 Å². The van der Waals surface area contributed by atoms with Crippen LogP contribution in [0.3, 0.4) is 0 Å². The third-order valence-electron chi connectivity index (χ3n) is 7.19. The quantitative estimate of drug-likeness (QED) is 0.365. The lowest BCUT2D eigenvalue weighted by atomic mass is 9.56. The molecule has 2 fully saturated rings. The Balaban J connectivity index is 1.68. The molecule has 2 aromatic rings. The number of hydrogen-bond acceptors (Lipinski definition) is 4. The van der Waals surface area contributed by atoms with Crippen LogP contribution in [0.15, 0.2) is 42.5 Å². The van der Waals surface area contributed by atoms with Crippen LogP contribution in [0.5, 0.6) is 5.75 Å². The number of fused-ring (bicyclic) bond motifs is 1. The van der Waals surface area contributed by atoms with Crippen molar-refractivity contribution < 1.29 is 9.53 Å². The van der Waals surface area contributed by atoms with Gasteiger partial charge in [-0.05, 0) is 73.2 Å². The summed E-state index contributed by atoms with van der Waals surface area (Å²) in [6.45, 7) is 5.59. The Morgan fingerprint density at radius 3 is 2.66 bits per heavy atom. The molecule has 5 unspecified atom stereocenters. The molecule has 1 amide bonds. The van der Waals surface area contributed by atoms with Crippen LogP contribution in [0.4, 0.5) is 0 Å². The van der Waals surface area contributed by atoms with E-state index < -0.39 is 0 Å². The number of nitrogens with one attached hydrogen (secondary N) is 2. The summed E-state index contributed by atoms with van der Waals surface area (Å²) < 4.78 is 9.02. The van der Waals surface area contributed by atoms with Crippen molar-refractivity contribution in [1.29, 1.82) is 0 Å². The maximum absolute atomic E-state index is 12.9. The first kappa shape index (κ1) is 23.7. The van der Waals surface area contributed by atoms with Gasteiger partial charge in [0.05, 0.1) is 5.41 Å². The molecule has 0 bridgehead atoms. The predicted octanol–water partition coefficient (Wildman–Crippen LogP) is 6.04. The minimum absolute atomic E-state index is 0.0984. The van der Waals surface area contributed by atoms with Gasteiger partial charge in [-0.2, -0.15) is 0 Å². The van der Waals surface area contributed by atoms with Crippen molar-refractivity contribution in [3.63, 3.8) is 0 Å². The molecule has 1 saturated carbocycles. The predicted molar refractivity (Wildman–Crippen MR) is 134 cm³/mol. The third kappa shape index (κ3) is 4.50. The second kappa shape index (κ2) is 9.84. The molecule has 0 radical (unpaired) electrons. The SMILES string of the molecule is CSNCCOc1ccc(C2CCC3(C)C(=O)NC(C)C3C2c2ccc(Cl)cc2)c(Cl)c1. The Kier molecular flexibility index (Phi) is 7.30. The highest BCUT2D eigenvalue weighted by Gasteiger charge is 2.57. The molecule has 4 rings (SSSR count). The molecular weight excluding hydrogens is 463 g/mol. The zero-order valence-corrected chi connectivity index (χ0v) is 21.0. The maximum Gasteiger partial charge on any atom is 0.226 e. The molecule has 1 aliphatic heterocycles. The van der Waals surface area contributed by atoms with E-state index in [-0.39, 0.29) is 35.1 Å². The topological polar surface area (TPSA) is 50.4 Å². The molecule has 1 saturated heterocycles. The van der Waals surface area contributed by atoms with Crippen molar-refractivity contribution in [2.75, 3.05) is 19.4 Å². The van der Waals surface area contributed by atoms with Gasteiger partial charge in [0.15, 0.2) is 0 Å². The lowest BCUT2D eigenvalue weighted by molar-refractivity contribution is -0.129. The zero-order valence-electron chi connectivity index (χ0n) is 18.7. The summed E-state index contributed by atoms with van der Waals surface area (Å²) in [5, 5.41) is 4.65. The molecule has 0 spiro atoms. The van der Waals surface area contributed by atoms with Gasteiger partial charge in [0, 0.05) is 28.5 Å². The van der Waals surface area contributed by atoms with Crippen LogP contribution in [-0.4, -0.2) is 31.4 Å². The fourth-order valence-electron chi connectivity index (χ4n) is 5.72. The molecule has 5 atom stereocenters. The van der Waals surface area contributed by atoms with E-state index in [4.69, 9.17) is 27.9 Å². The highest BCUT2D eigenvalue weighted by atomic mass is 35.5. The van der Waals surface area contributed by atoms with Crippen LogP contribution in [-0.2, 0) is 4.79 Å². The van der Waals surface area contributed by atoms with Gasteiger partial charge >= 0.3 is 0 Å². The summed E-state index contributed by atoms with van der Waals surface area (Å²) in [6, 6.07) is 14.2. The minimum Gasteiger partial charge on any atom is -0.492 e. The summed E-state index contributed by atoms with van der Waals surface area (Å²) >= 11 is 14.6. The van der Waals surface area contributed by atoms with Gasteiger partial charge in [-0.3, -0.25) is 9.52 Å². The largest absolute Gasteiger partial charge is 0.492 e. The van der Waals surface area contributed by atoms with Crippen LogP contribution in [0.1, 0.15) is 49.7 Å². The van der Waals surface area contributed by atoms with E-state index in [2.05, 4.69) is 42.1 Å². The van der Waals surface area contributed by atoms with Gasteiger partial charge in [0.1, 0.15) is 12.4 Å². The number of rotatable bonds is 7. The van der Waals surface area contributed by atoms with E-state index in [9.17, 15) is 4.79 Å². The van der Waals surface area contributed by atoms with E-state index in [1.807, 2.05) is 30.5 Å². The Bertz CT molecular complexity index is 971. The van der Waals surface area contributed by atoms with E-state index in [0.29, 0.717) is 11.6 Å². The number of benzene rings is 2. The van der Waals surface area contributed by atoms with Crippen LogP contribution in [0.2, 0.25) is 10.0 Å². The number of amides is 1. The summed E-state index contributed by atoms with van der Waals surface area (Å²) in [6.07, 6.45) is 3.74. The number of carbonyl (C=O) groups excluding carboxylic acids is 1. The molecule has 1 heterocycles. The van der Waals surface area contributed by atoms with Gasteiger partial charge < -0.3 is 10.1 Å². The molecule has 4 nitrogen and oxygen atoms in total. The fourth-order valence-corrected chi connectivity index (χ4v) is 6.45. The monoisotopic (exact) mass is 492 g/mol. The standard InChI is InChI=1S/C25H30Cl2N2O2S/c1-15-23-22(16-4-6-17(26)7-5-16)20(10-11-25(23,2)24(30)29-15)19-9-8-18(14-21(19)27)31-13-12-28-32-3/h4-9,14-15,20,22-23,28H,10-13H2,1-3H3,(H,29,30). The first-order valence-corrected chi connectivity index (χ1v) is 13.1. The minimum atomic E-state index is -0.375. The Labute approximate surface area is 204 Å². The van der Waals surface area contributed by atoms with Gasteiger partial charge in [0.25, 0.3) is 0 Å². The van der Waals surface area contributed by atoms with Crippen molar-refractivity contribution in [2.24, 2.45) is 11.3 Å². The summed E-state index contributed by atoms with van der Waals surface area (Å²) in [5.41, 5.74) is 1.95. The molecule has 2 aliphatic rings. The lowest BCUT2D eigenvalue weighted by Gasteiger charge is -2.46. The Hall–Kier alpha value is -1.40. The van der Waals surface area contributed by atoms with Gasteiger partial charge in [-0.25, -0.2) is 0 Å². The first-order chi connectivity index (χ1) is 15.3. The van der Waals surface area contributed by atoms with Crippen molar-refractivity contribution >= 4 is 41.1 Å². The highest BCUT2D eigenvalue weighted by Crippen LogP contribution is 2.59. The molecule has 7 heteroatoms. The lowest BCUT2D eigenvalue weighted by Crippen LogP contribution is -2.42. The second-order valence-corrected chi connectivity index (χ2v) is 10.6. The third-order valence-corrected chi connectivity index (χ3v) is 8.26. The van der Waals surface area contributed by atoms with Crippen LogP contribution >= 0.6 is 35.1 Å². The van der Waals surface area contributed by atoms with E-state index >= 15 is 0 Å². The van der Waals surface area contributed by atoms with Gasteiger partial charge in [0.2, 0.25) is 5.91 Å². The molecule has 2 aromatic carbocycles. The average Bonchev–Trinajstić information content (AvgIpc) is 3.00. The number of halogens is 2. The highest BCUT2D eigenvalue weighted by molar-refractivity contribution is 7.96. The summed E-state index contributed by atoms with van der Waals surface area (Å²) in [7, 11) is 0. The smallest absolute Gasteiger partial charge is 0.226 e. The zero-order chi connectivity index (χ0) is 22.9. The molecular formula is C25H30Cl2N2O2S. The Morgan fingerprint density at radius 2 is 1.97 bits per heavy atom. The first-order valence-electron chi connectivity index (χ1n) is 11.1. The molecule has 2 N–H and O–H groups in total. The summed E-state index contributed by atoms with van der Waals surface area (Å²) in [5.74, 6) is 1.50. The van der Waals surface area contributed by atoms with Gasteiger partial charge in [-0.1, -0.05) is 60.3 Å². The number of carbonyl (C=O) groups is 1. The molecule has 32 heavy (non-hydrogen) atoms.